The van der Waals surface area contributed by atoms with Crippen LogP contribution in [0.5, 0.6) is 11.5 Å². The Balaban J connectivity index is 2.05. The van der Waals surface area contributed by atoms with Crippen LogP contribution < -0.4 is 9.47 Å². The Morgan fingerprint density at radius 1 is 1.07 bits per heavy atom. The molecule has 0 saturated carbocycles. The highest BCUT2D eigenvalue weighted by Crippen LogP contribution is 2.36. The number of hydrogen-bond donors (Lipinski definition) is 0. The van der Waals surface area contributed by atoms with Crippen LogP contribution in [0.15, 0.2) is 18.2 Å². The average Bonchev–Trinajstić information content (AvgIpc) is 3.16. The Kier molecular flexibility index (Phi) is 6.59. The fourth-order valence-corrected chi connectivity index (χ4v) is 3.38. The van der Waals surface area contributed by atoms with E-state index >= 15 is 0 Å². The van der Waals surface area contributed by atoms with E-state index in [1.54, 1.807) is 21.3 Å². The fraction of sp³-hybridized carbons (Fsp3) is 0.611. The normalized spacial score (nSPS) is 17.0. The SMILES string of the molecule is COCCn1nnnc1[C@@H](c1cc(OC)ccc1OC)N1CCN(C)CC1. The van der Waals surface area contributed by atoms with Gasteiger partial charge >= 0.3 is 0 Å². The number of hydrogen-bond acceptors (Lipinski definition) is 8. The zero-order valence-electron chi connectivity index (χ0n) is 16.5. The molecule has 1 fully saturated rings. The predicted octanol–water partition coefficient (Wildman–Crippen LogP) is 0.674. The molecule has 1 aliphatic rings. The number of tetrazole rings is 1. The first-order valence-corrected chi connectivity index (χ1v) is 9.07. The van der Waals surface area contributed by atoms with Gasteiger partial charge in [-0.3, -0.25) is 4.90 Å². The minimum absolute atomic E-state index is 0.129. The molecule has 1 aliphatic heterocycles. The molecule has 1 aromatic carbocycles. The zero-order chi connectivity index (χ0) is 19.2. The third kappa shape index (κ3) is 4.37. The minimum Gasteiger partial charge on any atom is -0.497 e. The van der Waals surface area contributed by atoms with Crippen molar-refractivity contribution in [1.82, 2.24) is 30.0 Å². The van der Waals surface area contributed by atoms with Crippen molar-refractivity contribution in [3.05, 3.63) is 29.6 Å². The van der Waals surface area contributed by atoms with E-state index in [1.807, 2.05) is 22.9 Å². The van der Waals surface area contributed by atoms with Gasteiger partial charge < -0.3 is 19.1 Å². The number of aromatic nitrogens is 4. The summed E-state index contributed by atoms with van der Waals surface area (Å²) >= 11 is 0. The van der Waals surface area contributed by atoms with E-state index < -0.39 is 0 Å². The standard InChI is InChI=1S/C18H28N6O3/c1-22-7-9-23(10-8-22)17(18-19-20-21-24(18)11-12-25-2)15-13-14(26-3)5-6-16(15)27-4/h5-6,13,17H,7-12H2,1-4H3/t17-/m1/s1. The molecule has 0 radical (unpaired) electrons. The number of benzene rings is 1. The summed E-state index contributed by atoms with van der Waals surface area (Å²) in [6.45, 7) is 4.94. The highest BCUT2D eigenvalue weighted by molar-refractivity contribution is 5.44. The van der Waals surface area contributed by atoms with Crippen molar-refractivity contribution in [2.45, 2.75) is 12.6 Å². The highest BCUT2D eigenvalue weighted by atomic mass is 16.5. The molecule has 0 bridgehead atoms. The van der Waals surface area contributed by atoms with Crippen molar-refractivity contribution < 1.29 is 14.2 Å². The molecule has 1 atom stereocenters. The number of rotatable bonds is 8. The molecule has 148 valence electrons. The third-order valence-corrected chi connectivity index (χ3v) is 4.95. The molecule has 0 spiro atoms. The van der Waals surface area contributed by atoms with Gasteiger partial charge in [-0.2, -0.15) is 0 Å². The molecule has 0 N–H and O–H groups in total. The van der Waals surface area contributed by atoms with Gasteiger partial charge in [0.25, 0.3) is 0 Å². The number of likely N-dealkylation sites (N-methyl/N-ethyl adjacent to an activating group) is 1. The molecule has 2 aromatic rings. The smallest absolute Gasteiger partial charge is 0.173 e. The van der Waals surface area contributed by atoms with Crippen molar-refractivity contribution in [2.75, 3.05) is 61.2 Å². The molecule has 9 heteroatoms. The summed E-state index contributed by atoms with van der Waals surface area (Å²) in [5.41, 5.74) is 0.995. The van der Waals surface area contributed by atoms with Crippen LogP contribution in [0.2, 0.25) is 0 Å². The maximum atomic E-state index is 5.66. The van der Waals surface area contributed by atoms with Gasteiger partial charge in [0.1, 0.15) is 17.5 Å². The van der Waals surface area contributed by atoms with E-state index in [4.69, 9.17) is 14.2 Å². The second-order valence-electron chi connectivity index (χ2n) is 6.60. The number of piperazine rings is 1. The van der Waals surface area contributed by atoms with Crippen molar-refractivity contribution in [3.63, 3.8) is 0 Å². The molecule has 2 heterocycles. The Morgan fingerprint density at radius 3 is 2.52 bits per heavy atom. The van der Waals surface area contributed by atoms with Gasteiger partial charge in [-0.1, -0.05) is 0 Å². The molecular weight excluding hydrogens is 348 g/mol. The van der Waals surface area contributed by atoms with Crippen LogP contribution in [0.4, 0.5) is 0 Å². The van der Waals surface area contributed by atoms with Crippen LogP contribution in [0.1, 0.15) is 17.4 Å². The Hall–Kier alpha value is -2.23. The van der Waals surface area contributed by atoms with Crippen LogP contribution >= 0.6 is 0 Å². The van der Waals surface area contributed by atoms with Crippen LogP contribution in [0, 0.1) is 0 Å². The lowest BCUT2D eigenvalue weighted by molar-refractivity contribution is 0.118. The first-order chi connectivity index (χ1) is 13.2. The third-order valence-electron chi connectivity index (χ3n) is 4.95. The fourth-order valence-electron chi connectivity index (χ4n) is 3.38. The second-order valence-corrected chi connectivity index (χ2v) is 6.60. The molecule has 1 aromatic heterocycles. The van der Waals surface area contributed by atoms with Crippen LogP contribution in [0.3, 0.4) is 0 Å². The van der Waals surface area contributed by atoms with Gasteiger partial charge in [-0.25, -0.2) is 4.68 Å². The summed E-state index contributed by atoms with van der Waals surface area (Å²) in [6.07, 6.45) is 0. The number of methoxy groups -OCH3 is 3. The largest absolute Gasteiger partial charge is 0.497 e. The van der Waals surface area contributed by atoms with Crippen molar-refractivity contribution in [2.24, 2.45) is 0 Å². The number of ether oxygens (including phenoxy) is 3. The minimum atomic E-state index is -0.129. The van der Waals surface area contributed by atoms with Crippen molar-refractivity contribution in [1.29, 1.82) is 0 Å². The first-order valence-electron chi connectivity index (χ1n) is 9.07. The van der Waals surface area contributed by atoms with Gasteiger partial charge in [0, 0.05) is 38.9 Å². The molecule has 3 rings (SSSR count). The predicted molar refractivity (Wildman–Crippen MR) is 100 cm³/mol. The summed E-state index contributed by atoms with van der Waals surface area (Å²) in [5, 5.41) is 12.5. The van der Waals surface area contributed by atoms with Gasteiger partial charge in [0.05, 0.1) is 27.4 Å². The van der Waals surface area contributed by atoms with Crippen LogP contribution in [-0.4, -0.2) is 91.2 Å². The highest BCUT2D eigenvalue weighted by Gasteiger charge is 2.32. The molecule has 9 nitrogen and oxygen atoms in total. The first kappa shape index (κ1) is 19.5. The number of nitrogens with zero attached hydrogens (tertiary/aromatic N) is 6. The quantitative estimate of drug-likeness (QED) is 0.665. The maximum absolute atomic E-state index is 5.66. The molecule has 0 unspecified atom stereocenters. The maximum Gasteiger partial charge on any atom is 0.173 e. The molecule has 27 heavy (non-hydrogen) atoms. The Bertz CT molecular complexity index is 730. The summed E-state index contributed by atoms with van der Waals surface area (Å²) in [5.74, 6) is 2.35. The summed E-state index contributed by atoms with van der Waals surface area (Å²) in [6, 6.07) is 5.71. The van der Waals surface area contributed by atoms with Gasteiger partial charge in [-0.15, -0.1) is 5.10 Å². The lowest BCUT2D eigenvalue weighted by atomic mass is 10.0. The lowest BCUT2D eigenvalue weighted by Crippen LogP contribution is -2.46. The Labute approximate surface area is 159 Å². The summed E-state index contributed by atoms with van der Waals surface area (Å²) in [7, 11) is 7.16. The molecule has 1 saturated heterocycles. The van der Waals surface area contributed by atoms with E-state index in [2.05, 4.69) is 32.4 Å². The van der Waals surface area contributed by atoms with E-state index in [9.17, 15) is 0 Å². The van der Waals surface area contributed by atoms with Gasteiger partial charge in [-0.05, 0) is 35.7 Å². The van der Waals surface area contributed by atoms with Gasteiger partial charge in [0.2, 0.25) is 0 Å². The topological polar surface area (TPSA) is 77.8 Å². The second kappa shape index (κ2) is 9.12. The average molecular weight is 376 g/mol. The molecular formula is C18H28N6O3. The molecule has 0 amide bonds. The van der Waals surface area contributed by atoms with E-state index in [0.717, 1.165) is 49.1 Å². The summed E-state index contributed by atoms with van der Waals surface area (Å²) < 4.78 is 18.1. The van der Waals surface area contributed by atoms with Crippen molar-refractivity contribution in [3.8, 4) is 11.5 Å². The zero-order valence-corrected chi connectivity index (χ0v) is 16.5. The summed E-state index contributed by atoms with van der Waals surface area (Å²) in [4.78, 5) is 4.72. The van der Waals surface area contributed by atoms with E-state index in [-0.39, 0.29) is 6.04 Å². The van der Waals surface area contributed by atoms with Gasteiger partial charge in [0.15, 0.2) is 5.82 Å². The molecule has 0 aliphatic carbocycles. The van der Waals surface area contributed by atoms with E-state index in [0.29, 0.717) is 13.2 Å². The van der Waals surface area contributed by atoms with Crippen LogP contribution in [0.25, 0.3) is 0 Å². The lowest BCUT2D eigenvalue weighted by Gasteiger charge is -2.37. The monoisotopic (exact) mass is 376 g/mol. The van der Waals surface area contributed by atoms with Crippen LogP contribution in [-0.2, 0) is 11.3 Å². The van der Waals surface area contributed by atoms with Crippen molar-refractivity contribution >= 4 is 0 Å². The Morgan fingerprint density at radius 2 is 1.85 bits per heavy atom. The van der Waals surface area contributed by atoms with E-state index in [1.165, 1.54) is 0 Å².